The summed E-state index contributed by atoms with van der Waals surface area (Å²) in [4.78, 5) is 40.7. The van der Waals surface area contributed by atoms with E-state index in [-0.39, 0.29) is 35.1 Å². The van der Waals surface area contributed by atoms with Gasteiger partial charge in [-0.05, 0) is 53.2 Å². The highest BCUT2D eigenvalue weighted by Gasteiger charge is 2.21. The summed E-state index contributed by atoms with van der Waals surface area (Å²) < 4.78 is 1.68. The molecule has 30 heavy (non-hydrogen) atoms. The minimum absolute atomic E-state index is 0.109. The Hall–Kier alpha value is -2.75. The van der Waals surface area contributed by atoms with E-state index in [0.717, 1.165) is 0 Å². The van der Waals surface area contributed by atoms with Crippen molar-refractivity contribution in [2.45, 2.75) is 6.92 Å². The van der Waals surface area contributed by atoms with Crippen LogP contribution < -0.4 is 10.6 Å². The largest absolute Gasteiger partial charge is 0.345 e. The van der Waals surface area contributed by atoms with Crippen LogP contribution in [0.5, 0.6) is 0 Å². The second-order valence-electron chi connectivity index (χ2n) is 6.10. The van der Waals surface area contributed by atoms with Crippen LogP contribution in [0, 0.1) is 0 Å². The number of hydrogen-bond acceptors (Lipinski definition) is 5. The maximum Gasteiger partial charge on any atom is 0.274 e. The maximum atomic E-state index is 13.0. The highest BCUT2D eigenvalue weighted by Crippen LogP contribution is 2.24. The summed E-state index contributed by atoms with van der Waals surface area (Å²) >= 11 is 15.4. The first-order chi connectivity index (χ1) is 14.3. The van der Waals surface area contributed by atoms with E-state index in [0.29, 0.717) is 14.6 Å². The molecule has 2 heterocycles. The van der Waals surface area contributed by atoms with Crippen molar-refractivity contribution >= 4 is 62.4 Å². The summed E-state index contributed by atoms with van der Waals surface area (Å²) in [5, 5.41) is 9.96. The van der Waals surface area contributed by atoms with Gasteiger partial charge in [-0.3, -0.25) is 14.4 Å². The van der Waals surface area contributed by atoms with E-state index in [2.05, 4.69) is 36.6 Å². The maximum absolute atomic E-state index is 13.0. The van der Waals surface area contributed by atoms with Gasteiger partial charge in [0.05, 0.1) is 22.8 Å². The number of halogens is 3. The van der Waals surface area contributed by atoms with Crippen LogP contribution in [-0.4, -0.2) is 38.9 Å². The molecule has 1 aromatic carbocycles. The number of aromatic nitrogens is 3. The number of nitrogens with one attached hydrogen (secondary N) is 2. The fourth-order valence-corrected chi connectivity index (χ4v) is 3.26. The third-order valence-corrected chi connectivity index (χ3v) is 4.74. The molecule has 3 rings (SSSR count). The van der Waals surface area contributed by atoms with Gasteiger partial charge in [0, 0.05) is 17.3 Å². The summed E-state index contributed by atoms with van der Waals surface area (Å²) in [5.41, 5.74) is 0.451. The Kier molecular flexibility index (Phi) is 6.86. The zero-order valence-electron chi connectivity index (χ0n) is 15.4. The fourth-order valence-electron chi connectivity index (χ4n) is 2.51. The van der Waals surface area contributed by atoms with Gasteiger partial charge in [-0.15, -0.1) is 0 Å². The van der Waals surface area contributed by atoms with E-state index in [1.807, 2.05) is 0 Å². The van der Waals surface area contributed by atoms with Crippen molar-refractivity contribution in [1.29, 1.82) is 0 Å². The molecule has 0 saturated carbocycles. The lowest BCUT2D eigenvalue weighted by atomic mass is 10.1. The Bertz CT molecular complexity index is 1150. The highest BCUT2D eigenvalue weighted by molar-refractivity contribution is 9.10. The van der Waals surface area contributed by atoms with Crippen LogP contribution in [0.1, 0.15) is 27.8 Å². The summed E-state index contributed by atoms with van der Waals surface area (Å²) in [6, 6.07) is 9.19. The molecule has 0 saturated heterocycles. The van der Waals surface area contributed by atoms with Crippen LogP contribution >= 0.6 is 39.1 Å². The fraction of sp³-hybridized carbons (Fsp3) is 0.105. The standard InChI is InChI=1S/C19H14BrCl2N5O3/c1-10(28)9-24-18(29)12-7-11(21)4-5-14(12)25-19(30)15-8-16(20)26-27(15)17-13(22)3-2-6-23-17/h2-8H,9H2,1H3,(H,24,29)(H,25,30). The molecule has 0 spiro atoms. The van der Waals surface area contributed by atoms with E-state index < -0.39 is 11.8 Å². The lowest BCUT2D eigenvalue weighted by Crippen LogP contribution is -2.29. The number of amides is 2. The molecule has 0 radical (unpaired) electrons. The third-order valence-electron chi connectivity index (χ3n) is 3.82. The molecule has 8 nitrogen and oxygen atoms in total. The molecular formula is C19H14BrCl2N5O3. The van der Waals surface area contributed by atoms with Crippen LogP contribution in [0.4, 0.5) is 5.69 Å². The number of nitrogens with zero attached hydrogens (tertiary/aromatic N) is 3. The van der Waals surface area contributed by atoms with Gasteiger partial charge >= 0.3 is 0 Å². The van der Waals surface area contributed by atoms with E-state index >= 15 is 0 Å². The van der Waals surface area contributed by atoms with Crippen molar-refractivity contribution in [1.82, 2.24) is 20.1 Å². The Morgan fingerprint density at radius 2 is 1.90 bits per heavy atom. The molecule has 2 amide bonds. The smallest absolute Gasteiger partial charge is 0.274 e. The van der Waals surface area contributed by atoms with Gasteiger partial charge < -0.3 is 10.6 Å². The van der Waals surface area contributed by atoms with Crippen molar-refractivity contribution in [3.05, 3.63) is 68.5 Å². The second-order valence-corrected chi connectivity index (χ2v) is 7.76. The first-order valence-electron chi connectivity index (χ1n) is 8.51. The number of pyridine rings is 1. The molecule has 0 aliphatic rings. The molecule has 0 atom stereocenters. The summed E-state index contributed by atoms with van der Waals surface area (Å²) in [7, 11) is 0. The number of anilines is 1. The molecule has 154 valence electrons. The Morgan fingerprint density at radius 3 is 2.60 bits per heavy atom. The molecule has 0 aliphatic heterocycles. The van der Waals surface area contributed by atoms with Crippen molar-refractivity contribution in [3.8, 4) is 5.82 Å². The molecule has 2 aromatic heterocycles. The van der Waals surface area contributed by atoms with E-state index in [1.54, 1.807) is 12.1 Å². The average molecular weight is 511 g/mol. The molecule has 0 unspecified atom stereocenters. The quantitative estimate of drug-likeness (QED) is 0.523. The molecule has 0 aliphatic carbocycles. The van der Waals surface area contributed by atoms with Gasteiger partial charge in [0.25, 0.3) is 11.8 Å². The number of carbonyl (C=O) groups excluding carboxylic acids is 3. The van der Waals surface area contributed by atoms with Crippen molar-refractivity contribution < 1.29 is 14.4 Å². The molecule has 3 aromatic rings. The Balaban J connectivity index is 1.94. The third kappa shape index (κ3) is 5.05. The minimum Gasteiger partial charge on any atom is -0.345 e. The van der Waals surface area contributed by atoms with Crippen LogP contribution in [0.3, 0.4) is 0 Å². The van der Waals surface area contributed by atoms with Gasteiger partial charge in [-0.25, -0.2) is 9.67 Å². The molecule has 11 heteroatoms. The summed E-state index contributed by atoms with van der Waals surface area (Å²) in [6.45, 7) is 1.21. The first-order valence-corrected chi connectivity index (χ1v) is 10.1. The lowest BCUT2D eigenvalue weighted by Gasteiger charge is -2.12. The monoisotopic (exact) mass is 509 g/mol. The zero-order chi connectivity index (χ0) is 21.8. The lowest BCUT2D eigenvalue weighted by molar-refractivity contribution is -0.116. The predicted octanol–water partition coefficient (Wildman–Crippen LogP) is 3.91. The minimum atomic E-state index is -0.558. The van der Waals surface area contributed by atoms with Crippen LogP contribution in [0.2, 0.25) is 10.0 Å². The van der Waals surface area contributed by atoms with Crippen molar-refractivity contribution in [2.75, 3.05) is 11.9 Å². The summed E-state index contributed by atoms with van der Waals surface area (Å²) in [6.07, 6.45) is 1.52. The van der Waals surface area contributed by atoms with Gasteiger partial charge in [0.1, 0.15) is 16.1 Å². The normalized spacial score (nSPS) is 10.5. The zero-order valence-corrected chi connectivity index (χ0v) is 18.5. The highest BCUT2D eigenvalue weighted by atomic mass is 79.9. The van der Waals surface area contributed by atoms with Crippen LogP contribution in [-0.2, 0) is 4.79 Å². The predicted molar refractivity (Wildman–Crippen MR) is 116 cm³/mol. The molecule has 2 N–H and O–H groups in total. The number of benzene rings is 1. The van der Waals surface area contributed by atoms with E-state index in [1.165, 1.54) is 42.1 Å². The van der Waals surface area contributed by atoms with Gasteiger partial charge in [-0.2, -0.15) is 5.10 Å². The van der Waals surface area contributed by atoms with Gasteiger partial charge in [0.15, 0.2) is 5.82 Å². The molecule has 0 fully saturated rings. The van der Waals surface area contributed by atoms with E-state index in [9.17, 15) is 14.4 Å². The number of hydrogen-bond donors (Lipinski definition) is 2. The number of carbonyl (C=O) groups is 3. The van der Waals surface area contributed by atoms with Crippen LogP contribution in [0.15, 0.2) is 47.2 Å². The topological polar surface area (TPSA) is 106 Å². The number of rotatable bonds is 6. The molecule has 0 bridgehead atoms. The van der Waals surface area contributed by atoms with Crippen molar-refractivity contribution in [3.63, 3.8) is 0 Å². The Morgan fingerprint density at radius 1 is 1.13 bits per heavy atom. The first kappa shape index (κ1) is 21.9. The molecular weight excluding hydrogens is 497 g/mol. The van der Waals surface area contributed by atoms with Crippen molar-refractivity contribution in [2.24, 2.45) is 0 Å². The average Bonchev–Trinajstić information content (AvgIpc) is 3.09. The van der Waals surface area contributed by atoms with Crippen LogP contribution in [0.25, 0.3) is 5.82 Å². The van der Waals surface area contributed by atoms with E-state index in [4.69, 9.17) is 23.2 Å². The Labute approximate surface area is 189 Å². The SMILES string of the molecule is CC(=O)CNC(=O)c1cc(Cl)ccc1NC(=O)c1cc(Br)nn1-c1ncccc1Cl. The van der Waals surface area contributed by atoms with Gasteiger partial charge in [0.2, 0.25) is 0 Å². The number of Topliss-reactive ketones (excluding diaryl/α,β-unsaturated/α-hetero) is 1. The second kappa shape index (κ2) is 9.38. The summed E-state index contributed by atoms with van der Waals surface area (Å²) in [5.74, 6) is -1.05. The number of ketones is 1. The van der Waals surface area contributed by atoms with Gasteiger partial charge in [-0.1, -0.05) is 23.2 Å².